The summed E-state index contributed by atoms with van der Waals surface area (Å²) in [4.78, 5) is 16.2. The monoisotopic (exact) mass is 429 g/mol. The minimum atomic E-state index is -4.03. The largest absolute Gasteiger partial charge is 0.444 e. The Morgan fingerprint density at radius 3 is 2.57 bits per heavy atom. The number of hydrogen-bond donors (Lipinski definition) is 1. The van der Waals surface area contributed by atoms with Gasteiger partial charge >= 0.3 is 6.09 Å². The summed E-state index contributed by atoms with van der Waals surface area (Å²) >= 11 is 0. The zero-order valence-corrected chi connectivity index (χ0v) is 17.5. The van der Waals surface area contributed by atoms with E-state index in [1.54, 1.807) is 45.0 Å². The lowest BCUT2D eigenvalue weighted by Gasteiger charge is -2.19. The Kier molecular flexibility index (Phi) is 5.80. The van der Waals surface area contributed by atoms with Crippen LogP contribution in [0.15, 0.2) is 53.6 Å². The number of aromatic nitrogens is 2. The van der Waals surface area contributed by atoms with Crippen molar-refractivity contribution in [1.29, 1.82) is 0 Å². The van der Waals surface area contributed by atoms with Gasteiger partial charge in [-0.1, -0.05) is 24.1 Å². The summed E-state index contributed by atoms with van der Waals surface area (Å²) in [6.45, 7) is 4.28. The highest BCUT2D eigenvalue weighted by Gasteiger charge is 2.24. The second kappa shape index (κ2) is 8.16. The molecule has 0 spiro atoms. The van der Waals surface area contributed by atoms with Crippen molar-refractivity contribution in [2.45, 2.75) is 31.3 Å². The lowest BCUT2D eigenvalue weighted by molar-refractivity contribution is 0.0636. The number of fused-ring (bicyclic) bond motifs is 1. The van der Waals surface area contributed by atoms with Gasteiger partial charge in [-0.3, -0.25) is 5.32 Å². The number of halogens is 1. The van der Waals surface area contributed by atoms with E-state index in [-0.39, 0.29) is 16.2 Å². The van der Waals surface area contributed by atoms with E-state index in [0.29, 0.717) is 11.1 Å². The van der Waals surface area contributed by atoms with Crippen LogP contribution in [0.2, 0.25) is 0 Å². The van der Waals surface area contributed by atoms with Crippen LogP contribution in [-0.2, 0) is 14.8 Å². The highest BCUT2D eigenvalue weighted by Crippen LogP contribution is 2.26. The normalized spacial score (nSPS) is 11.6. The van der Waals surface area contributed by atoms with E-state index in [2.05, 4.69) is 22.1 Å². The van der Waals surface area contributed by atoms with Gasteiger partial charge in [0.25, 0.3) is 10.0 Å². The van der Waals surface area contributed by atoms with E-state index in [4.69, 9.17) is 4.74 Å². The van der Waals surface area contributed by atoms with E-state index in [1.807, 2.05) is 0 Å². The van der Waals surface area contributed by atoms with E-state index >= 15 is 0 Å². The van der Waals surface area contributed by atoms with E-state index in [0.717, 1.165) is 3.97 Å². The maximum atomic E-state index is 13.2. The molecule has 0 atom stereocenters. The summed E-state index contributed by atoms with van der Waals surface area (Å²) in [5.74, 6) is 4.77. The molecule has 3 aromatic rings. The van der Waals surface area contributed by atoms with Gasteiger partial charge in [0.15, 0.2) is 12.3 Å². The molecule has 9 heteroatoms. The number of rotatable bonds is 3. The van der Waals surface area contributed by atoms with Crippen molar-refractivity contribution in [3.8, 4) is 11.8 Å². The van der Waals surface area contributed by atoms with Crippen LogP contribution in [-0.4, -0.2) is 35.7 Å². The number of amides is 1. The van der Waals surface area contributed by atoms with Gasteiger partial charge in [0.05, 0.1) is 16.8 Å². The Labute approximate surface area is 173 Å². The van der Waals surface area contributed by atoms with Gasteiger partial charge < -0.3 is 4.74 Å². The third kappa shape index (κ3) is 4.60. The third-order valence-electron chi connectivity index (χ3n) is 3.81. The number of nitrogens with one attached hydrogen (secondary N) is 1. The number of nitrogens with zero attached hydrogens (tertiary/aromatic N) is 2. The van der Waals surface area contributed by atoms with Gasteiger partial charge in [-0.2, -0.15) is 0 Å². The standard InChI is InChI=1S/C21H20FN3O4S/c1-21(2,3)29-20(26)24-16-12-15-13-17(8-7-11-22)25(19(15)23-14-16)30(27,28)18-9-5-4-6-10-18/h4-6,9-10,12-14H,11H2,1-3H3,(H,24,26). The van der Waals surface area contributed by atoms with E-state index < -0.39 is 28.4 Å². The lowest BCUT2D eigenvalue weighted by Crippen LogP contribution is -2.27. The van der Waals surface area contributed by atoms with Gasteiger partial charge in [-0.25, -0.2) is 26.6 Å². The number of pyridine rings is 1. The number of carbonyl (C=O) groups is 1. The predicted octanol–water partition coefficient (Wildman–Crippen LogP) is 3.94. The molecule has 0 saturated heterocycles. The summed E-state index contributed by atoms with van der Waals surface area (Å²) in [6.07, 6.45) is 0.646. The van der Waals surface area contributed by atoms with E-state index in [1.165, 1.54) is 24.4 Å². The van der Waals surface area contributed by atoms with Crippen molar-refractivity contribution in [2.75, 3.05) is 12.0 Å². The summed E-state index contributed by atoms with van der Waals surface area (Å²) in [5, 5.41) is 2.96. The molecule has 30 heavy (non-hydrogen) atoms. The quantitative estimate of drug-likeness (QED) is 0.637. The van der Waals surface area contributed by atoms with Gasteiger partial charge in [0, 0.05) is 5.39 Å². The van der Waals surface area contributed by atoms with E-state index in [9.17, 15) is 17.6 Å². The number of alkyl halides is 1. The van der Waals surface area contributed by atoms with Crippen LogP contribution in [0.5, 0.6) is 0 Å². The first kappa shape index (κ1) is 21.3. The zero-order valence-electron chi connectivity index (χ0n) is 16.6. The fourth-order valence-corrected chi connectivity index (χ4v) is 4.16. The molecule has 0 saturated carbocycles. The Morgan fingerprint density at radius 2 is 1.93 bits per heavy atom. The van der Waals surface area contributed by atoms with Crippen molar-refractivity contribution in [1.82, 2.24) is 8.96 Å². The molecule has 0 unspecified atom stereocenters. The first-order valence-electron chi connectivity index (χ1n) is 8.99. The lowest BCUT2D eigenvalue weighted by atomic mass is 10.2. The molecule has 1 amide bonds. The van der Waals surface area contributed by atoms with Gasteiger partial charge in [-0.15, -0.1) is 0 Å². The minimum absolute atomic E-state index is 0.0450. The van der Waals surface area contributed by atoms with Crippen LogP contribution in [0, 0.1) is 11.8 Å². The Balaban J connectivity index is 2.10. The summed E-state index contributed by atoms with van der Waals surface area (Å²) in [6, 6.07) is 10.8. The Hall–Kier alpha value is -3.38. The maximum Gasteiger partial charge on any atom is 0.412 e. The number of ether oxygens (including phenoxy) is 1. The molecule has 0 fully saturated rings. The first-order valence-corrected chi connectivity index (χ1v) is 10.4. The molecule has 0 aliphatic heterocycles. The fourth-order valence-electron chi connectivity index (χ4n) is 2.71. The van der Waals surface area contributed by atoms with Gasteiger partial charge in [0.2, 0.25) is 0 Å². The van der Waals surface area contributed by atoms with Crippen molar-refractivity contribution in [3.63, 3.8) is 0 Å². The molecule has 0 radical (unpaired) electrons. The molecule has 2 heterocycles. The molecule has 1 N–H and O–H groups in total. The van der Waals surface area contributed by atoms with Crippen LogP contribution in [0.25, 0.3) is 11.0 Å². The van der Waals surface area contributed by atoms with Crippen LogP contribution in [0.1, 0.15) is 26.5 Å². The van der Waals surface area contributed by atoms with Gasteiger partial charge in [-0.05, 0) is 51.0 Å². The topological polar surface area (TPSA) is 90.3 Å². The SMILES string of the molecule is CC(C)(C)OC(=O)Nc1cnc2c(c1)cc(C#CCF)n2S(=O)(=O)c1ccccc1. The van der Waals surface area contributed by atoms with Crippen LogP contribution >= 0.6 is 0 Å². The second-order valence-electron chi connectivity index (χ2n) is 7.31. The maximum absolute atomic E-state index is 13.2. The average molecular weight is 429 g/mol. The fraction of sp³-hybridized carbons (Fsp3) is 0.238. The molecule has 7 nitrogen and oxygen atoms in total. The minimum Gasteiger partial charge on any atom is -0.444 e. The van der Waals surface area contributed by atoms with Crippen LogP contribution in [0.4, 0.5) is 14.9 Å². The number of benzene rings is 1. The highest BCUT2D eigenvalue weighted by molar-refractivity contribution is 7.90. The predicted molar refractivity (Wildman–Crippen MR) is 111 cm³/mol. The summed E-state index contributed by atoms with van der Waals surface area (Å²) in [5.41, 5.74) is -0.190. The Bertz CT molecular complexity index is 1250. The third-order valence-corrected chi connectivity index (χ3v) is 5.53. The van der Waals surface area contributed by atoms with Gasteiger partial charge in [0.1, 0.15) is 11.3 Å². The highest BCUT2D eigenvalue weighted by atomic mass is 32.2. The average Bonchev–Trinajstić information content (AvgIpc) is 3.03. The molecule has 1 aromatic carbocycles. The first-order chi connectivity index (χ1) is 14.1. The molecule has 0 aliphatic carbocycles. The smallest absolute Gasteiger partial charge is 0.412 e. The molecule has 0 bridgehead atoms. The van der Waals surface area contributed by atoms with Crippen molar-refractivity contribution in [2.24, 2.45) is 0 Å². The summed E-state index contributed by atoms with van der Waals surface area (Å²) < 4.78 is 45.2. The summed E-state index contributed by atoms with van der Waals surface area (Å²) in [7, 11) is -4.03. The molecule has 0 aliphatic rings. The van der Waals surface area contributed by atoms with Crippen molar-refractivity contribution >= 4 is 32.8 Å². The van der Waals surface area contributed by atoms with Crippen molar-refractivity contribution < 1.29 is 22.3 Å². The number of hydrogen-bond acceptors (Lipinski definition) is 5. The molecular formula is C21H20FN3O4S. The molecule has 156 valence electrons. The van der Waals surface area contributed by atoms with Crippen LogP contribution in [0.3, 0.4) is 0 Å². The van der Waals surface area contributed by atoms with Crippen molar-refractivity contribution in [3.05, 3.63) is 54.4 Å². The Morgan fingerprint density at radius 1 is 1.23 bits per heavy atom. The molecule has 3 rings (SSSR count). The zero-order chi connectivity index (χ0) is 21.9. The van der Waals surface area contributed by atoms with Crippen LogP contribution < -0.4 is 5.32 Å². The molecule has 2 aromatic heterocycles. The number of carbonyl (C=O) groups excluding carboxylic acids is 1. The molecular weight excluding hydrogens is 409 g/mol. The second-order valence-corrected chi connectivity index (χ2v) is 9.10. The number of anilines is 1.